The van der Waals surface area contributed by atoms with Gasteiger partial charge in [0.25, 0.3) is 0 Å². The third-order valence-electron chi connectivity index (χ3n) is 4.39. The summed E-state index contributed by atoms with van der Waals surface area (Å²) < 4.78 is 52.5. The van der Waals surface area contributed by atoms with Crippen molar-refractivity contribution >= 4 is 29.1 Å². The van der Waals surface area contributed by atoms with E-state index in [0.717, 1.165) is 0 Å². The van der Waals surface area contributed by atoms with Crippen molar-refractivity contribution in [1.29, 1.82) is 0 Å². The molecule has 2 aromatic heterocycles. The van der Waals surface area contributed by atoms with Crippen molar-refractivity contribution in [2.45, 2.75) is 37.8 Å². The number of aromatic nitrogens is 4. The smallest absolute Gasteiger partial charge is 0.387 e. The number of hydrogen-bond donors (Lipinski definition) is 6. The van der Waals surface area contributed by atoms with Gasteiger partial charge in [0.15, 0.2) is 5.65 Å². The standard InChI is InChI=1S/C12H19N4O13P3/c1-6-11-13-3-7(16(11)15-5-14-6)10-12(2,18)9(17)8(27-10)4-26-31(22,23)29-32(24,25)28-30(19,20)21/h3,5,8-10,17-18H,4H2,1-2H3,(H,22,23)(H,24,25)(H2,19,20,21)/t8-,9-,10+,12-/m1/s1. The first-order valence-electron chi connectivity index (χ1n) is 8.52. The number of rotatable bonds is 8. The molecule has 0 amide bonds. The third kappa shape index (κ3) is 5.48. The van der Waals surface area contributed by atoms with E-state index in [9.17, 15) is 28.8 Å². The highest BCUT2D eigenvalue weighted by Crippen LogP contribution is 2.66. The van der Waals surface area contributed by atoms with Gasteiger partial charge in [-0.15, -0.1) is 0 Å². The van der Waals surface area contributed by atoms with Crippen LogP contribution in [-0.2, 0) is 31.6 Å². The summed E-state index contributed by atoms with van der Waals surface area (Å²) in [6.45, 7) is 1.95. The molecule has 2 unspecified atom stereocenters. The number of phosphoric acid groups is 3. The number of fused-ring (bicyclic) bond motifs is 1. The summed E-state index contributed by atoms with van der Waals surface area (Å²) in [5, 5.41) is 25.2. The third-order valence-corrected chi connectivity index (χ3v) is 8.19. The molecule has 32 heavy (non-hydrogen) atoms. The Morgan fingerprint density at radius 2 is 1.81 bits per heavy atom. The molecule has 3 heterocycles. The molecular weight excluding hydrogens is 501 g/mol. The number of aliphatic hydroxyl groups is 2. The van der Waals surface area contributed by atoms with Crippen molar-refractivity contribution in [3.63, 3.8) is 0 Å². The van der Waals surface area contributed by atoms with E-state index in [0.29, 0.717) is 11.3 Å². The molecule has 1 fully saturated rings. The lowest BCUT2D eigenvalue weighted by molar-refractivity contribution is -0.0665. The SMILES string of the molecule is Cc1ncnn2c([C@@H]3O[C@H](COP(=O)(O)OP(=O)(O)OP(=O)(O)O)[C@@H](O)[C@@]3(C)O)cnc12. The Hall–Kier alpha value is -1.16. The topological polar surface area (TPSA) is 253 Å². The first-order valence-corrected chi connectivity index (χ1v) is 13.0. The van der Waals surface area contributed by atoms with Crippen molar-refractivity contribution in [1.82, 2.24) is 19.6 Å². The number of aliphatic hydroxyl groups excluding tert-OH is 1. The van der Waals surface area contributed by atoms with E-state index >= 15 is 0 Å². The van der Waals surface area contributed by atoms with E-state index < -0.39 is 54.0 Å². The molecule has 1 saturated heterocycles. The maximum absolute atomic E-state index is 11.9. The molecular formula is C12H19N4O13P3. The van der Waals surface area contributed by atoms with E-state index in [4.69, 9.17) is 19.4 Å². The Bertz CT molecular complexity index is 1150. The average molecular weight is 520 g/mol. The summed E-state index contributed by atoms with van der Waals surface area (Å²) in [4.78, 5) is 43.9. The Kier molecular flexibility index (Phi) is 6.81. The van der Waals surface area contributed by atoms with Gasteiger partial charge >= 0.3 is 23.5 Å². The van der Waals surface area contributed by atoms with E-state index in [1.54, 1.807) is 6.92 Å². The Morgan fingerprint density at radius 3 is 2.44 bits per heavy atom. The Morgan fingerprint density at radius 1 is 1.16 bits per heavy atom. The second-order valence-corrected chi connectivity index (χ2v) is 11.3. The zero-order valence-corrected chi connectivity index (χ0v) is 18.9. The van der Waals surface area contributed by atoms with Crippen LogP contribution in [-0.4, -0.2) is 73.8 Å². The predicted molar refractivity (Wildman–Crippen MR) is 99.6 cm³/mol. The number of aryl methyl sites for hydroxylation is 1. The zero-order chi connectivity index (χ0) is 24.1. The van der Waals surface area contributed by atoms with Crippen LogP contribution >= 0.6 is 23.5 Å². The molecule has 1 aliphatic heterocycles. The van der Waals surface area contributed by atoms with Crippen LogP contribution in [0.1, 0.15) is 24.4 Å². The van der Waals surface area contributed by atoms with Crippen molar-refractivity contribution in [3.05, 3.63) is 23.9 Å². The summed E-state index contributed by atoms with van der Waals surface area (Å²) in [7, 11) is -16.7. The molecule has 0 radical (unpaired) electrons. The minimum absolute atomic E-state index is 0.218. The second-order valence-electron chi connectivity index (χ2n) is 6.88. The molecule has 6 atom stereocenters. The number of hydrogen-bond acceptors (Lipinski definition) is 12. The highest BCUT2D eigenvalue weighted by Gasteiger charge is 2.54. The molecule has 0 bridgehead atoms. The monoisotopic (exact) mass is 520 g/mol. The van der Waals surface area contributed by atoms with Gasteiger partial charge in [-0.2, -0.15) is 13.7 Å². The van der Waals surface area contributed by atoms with Crippen LogP contribution in [0.15, 0.2) is 12.5 Å². The van der Waals surface area contributed by atoms with E-state index in [-0.39, 0.29) is 5.69 Å². The van der Waals surface area contributed by atoms with Gasteiger partial charge in [0.1, 0.15) is 30.2 Å². The molecule has 180 valence electrons. The highest BCUT2D eigenvalue weighted by atomic mass is 31.3. The molecule has 2 aromatic rings. The van der Waals surface area contributed by atoms with Gasteiger partial charge in [0.05, 0.1) is 24.2 Å². The van der Waals surface area contributed by atoms with Gasteiger partial charge in [-0.25, -0.2) is 28.2 Å². The summed E-state index contributed by atoms with van der Waals surface area (Å²) in [6.07, 6.45) is -1.81. The van der Waals surface area contributed by atoms with Gasteiger partial charge < -0.3 is 34.5 Å². The number of phosphoric ester groups is 1. The first kappa shape index (κ1) is 25.5. The van der Waals surface area contributed by atoms with E-state index in [1.165, 1.54) is 24.0 Å². The second kappa shape index (κ2) is 8.56. The lowest BCUT2D eigenvalue weighted by Gasteiger charge is -2.26. The largest absolute Gasteiger partial charge is 0.490 e. The van der Waals surface area contributed by atoms with Crippen molar-refractivity contribution < 1.29 is 61.4 Å². The summed E-state index contributed by atoms with van der Waals surface area (Å²) in [5.41, 5.74) is -0.865. The van der Waals surface area contributed by atoms with Crippen LogP contribution in [0.2, 0.25) is 0 Å². The minimum Gasteiger partial charge on any atom is -0.387 e. The molecule has 17 nitrogen and oxygen atoms in total. The quantitative estimate of drug-likeness (QED) is 0.236. The van der Waals surface area contributed by atoms with Gasteiger partial charge in [-0.1, -0.05) is 0 Å². The highest BCUT2D eigenvalue weighted by molar-refractivity contribution is 7.66. The number of imidazole rings is 1. The van der Waals surface area contributed by atoms with E-state index in [2.05, 4.69) is 28.2 Å². The molecule has 0 saturated carbocycles. The van der Waals surface area contributed by atoms with Gasteiger partial charge in [0, 0.05) is 0 Å². The van der Waals surface area contributed by atoms with Crippen LogP contribution in [0.4, 0.5) is 0 Å². The minimum atomic E-state index is -5.70. The number of ether oxygens (including phenoxy) is 1. The number of nitrogens with zero attached hydrogens (tertiary/aromatic N) is 4. The molecule has 1 aliphatic rings. The molecule has 3 rings (SSSR count). The fraction of sp³-hybridized carbons (Fsp3) is 0.583. The summed E-state index contributed by atoms with van der Waals surface area (Å²) >= 11 is 0. The first-order chi connectivity index (χ1) is 14.5. The van der Waals surface area contributed by atoms with Crippen LogP contribution in [0.3, 0.4) is 0 Å². The Labute approximate surface area is 179 Å². The maximum Gasteiger partial charge on any atom is 0.490 e. The normalized spacial score (nSPS) is 30.3. The molecule has 20 heteroatoms. The van der Waals surface area contributed by atoms with Crippen molar-refractivity contribution in [2.75, 3.05) is 6.61 Å². The van der Waals surface area contributed by atoms with Gasteiger partial charge in [0.2, 0.25) is 0 Å². The lowest BCUT2D eigenvalue weighted by atomic mass is 9.91. The molecule has 0 aliphatic carbocycles. The molecule has 6 N–H and O–H groups in total. The fourth-order valence-corrected chi connectivity index (χ4v) is 6.05. The van der Waals surface area contributed by atoms with Crippen LogP contribution in [0, 0.1) is 6.92 Å². The predicted octanol–water partition coefficient (Wildman–Crippen LogP) is -0.672. The van der Waals surface area contributed by atoms with Gasteiger partial charge in [-0.3, -0.25) is 4.52 Å². The fourth-order valence-electron chi connectivity index (χ4n) is 3.02. The van der Waals surface area contributed by atoms with Crippen molar-refractivity contribution in [2.24, 2.45) is 0 Å². The van der Waals surface area contributed by atoms with Crippen molar-refractivity contribution in [3.8, 4) is 0 Å². The maximum atomic E-state index is 11.9. The molecule has 0 spiro atoms. The average Bonchev–Trinajstić information content (AvgIpc) is 3.11. The van der Waals surface area contributed by atoms with Crippen LogP contribution in [0.5, 0.6) is 0 Å². The van der Waals surface area contributed by atoms with Crippen LogP contribution in [0.25, 0.3) is 5.65 Å². The van der Waals surface area contributed by atoms with Crippen LogP contribution < -0.4 is 0 Å². The summed E-state index contributed by atoms with van der Waals surface area (Å²) in [5.74, 6) is 0. The molecule has 0 aromatic carbocycles. The zero-order valence-electron chi connectivity index (χ0n) is 16.3. The van der Waals surface area contributed by atoms with E-state index in [1.807, 2.05) is 0 Å². The summed E-state index contributed by atoms with van der Waals surface area (Å²) in [6, 6.07) is 0. The Balaban J connectivity index is 1.74. The van der Waals surface area contributed by atoms with Gasteiger partial charge in [-0.05, 0) is 13.8 Å². The lowest BCUT2D eigenvalue weighted by Crippen LogP contribution is -2.43.